The van der Waals surface area contributed by atoms with Crippen LogP contribution in [0.4, 0.5) is 13.6 Å². The number of benzene rings is 2. The van der Waals surface area contributed by atoms with Crippen LogP contribution in [0.25, 0.3) is 0 Å². The number of nitrogens with one attached hydrogen (secondary N) is 1. The van der Waals surface area contributed by atoms with E-state index in [0.29, 0.717) is 11.5 Å². The molecular weight excluding hydrogens is 404 g/mol. The van der Waals surface area contributed by atoms with Gasteiger partial charge >= 0.3 is 6.03 Å². The van der Waals surface area contributed by atoms with Crippen LogP contribution in [-0.4, -0.2) is 56.2 Å². The maximum absolute atomic E-state index is 14.3. The van der Waals surface area contributed by atoms with Crippen molar-refractivity contribution in [2.24, 2.45) is 0 Å². The Morgan fingerprint density at radius 1 is 1.10 bits per heavy atom. The summed E-state index contributed by atoms with van der Waals surface area (Å²) in [7, 11) is 5.17. The molecule has 8 heteroatoms. The zero-order chi connectivity index (χ0) is 22.4. The number of halogens is 2. The number of carbonyl (C=O) groups excluding carboxylic acids is 1. The summed E-state index contributed by atoms with van der Waals surface area (Å²) >= 11 is 0. The molecule has 0 bridgehead atoms. The Labute approximate surface area is 181 Å². The van der Waals surface area contributed by atoms with Crippen LogP contribution in [0, 0.1) is 11.6 Å². The highest BCUT2D eigenvalue weighted by Crippen LogP contribution is 2.25. The second-order valence-electron chi connectivity index (χ2n) is 7.73. The second kappa shape index (κ2) is 10.4. The Hall–Kier alpha value is -2.87. The van der Waals surface area contributed by atoms with E-state index in [4.69, 9.17) is 9.47 Å². The van der Waals surface area contributed by atoms with E-state index in [9.17, 15) is 13.6 Å². The summed E-state index contributed by atoms with van der Waals surface area (Å²) < 4.78 is 38.2. The van der Waals surface area contributed by atoms with Gasteiger partial charge in [-0.2, -0.15) is 0 Å². The van der Waals surface area contributed by atoms with Gasteiger partial charge < -0.3 is 24.6 Å². The van der Waals surface area contributed by atoms with Crippen molar-refractivity contribution < 1.29 is 23.0 Å². The average molecular weight is 433 g/mol. The topological polar surface area (TPSA) is 54.0 Å². The second-order valence-corrected chi connectivity index (χ2v) is 7.73. The third kappa shape index (κ3) is 5.85. The number of nitrogens with zero attached hydrogens (tertiary/aromatic N) is 2. The van der Waals surface area contributed by atoms with E-state index in [-0.39, 0.29) is 30.7 Å². The van der Waals surface area contributed by atoms with E-state index in [1.807, 2.05) is 13.1 Å². The lowest BCUT2D eigenvalue weighted by Crippen LogP contribution is -2.49. The van der Waals surface area contributed by atoms with Crippen LogP contribution in [0.15, 0.2) is 36.4 Å². The summed E-state index contributed by atoms with van der Waals surface area (Å²) in [4.78, 5) is 17.0. The van der Waals surface area contributed by atoms with E-state index in [1.165, 1.54) is 12.1 Å². The predicted octanol–water partition coefficient (Wildman–Crippen LogP) is 3.79. The molecule has 1 aliphatic rings. The first-order valence-electron chi connectivity index (χ1n) is 10.3. The van der Waals surface area contributed by atoms with Crippen LogP contribution in [-0.2, 0) is 13.1 Å². The molecule has 31 heavy (non-hydrogen) atoms. The fourth-order valence-corrected chi connectivity index (χ4v) is 3.78. The number of hydrogen-bond acceptors (Lipinski definition) is 4. The lowest BCUT2D eigenvalue weighted by molar-refractivity contribution is 0.126. The molecule has 1 heterocycles. The number of ether oxygens (including phenoxy) is 2. The maximum atomic E-state index is 14.3. The van der Waals surface area contributed by atoms with E-state index < -0.39 is 11.6 Å². The normalized spacial score (nSPS) is 14.9. The molecule has 0 atom stereocenters. The number of methoxy groups -OCH3 is 2. The van der Waals surface area contributed by atoms with Gasteiger partial charge in [-0.25, -0.2) is 13.6 Å². The van der Waals surface area contributed by atoms with E-state index in [0.717, 1.165) is 37.6 Å². The van der Waals surface area contributed by atoms with Gasteiger partial charge in [0.15, 0.2) is 0 Å². The fraction of sp³-hybridized carbons (Fsp3) is 0.435. The zero-order valence-electron chi connectivity index (χ0n) is 18.2. The number of amides is 2. The Morgan fingerprint density at radius 3 is 2.45 bits per heavy atom. The molecule has 3 rings (SSSR count). The molecule has 2 aromatic carbocycles. The molecule has 0 aliphatic carbocycles. The van der Waals surface area contributed by atoms with E-state index in [2.05, 4.69) is 10.2 Å². The molecule has 1 fully saturated rings. The number of likely N-dealkylation sites (tertiary alicyclic amines) is 1. The summed E-state index contributed by atoms with van der Waals surface area (Å²) in [5.74, 6) is -0.0209. The van der Waals surface area contributed by atoms with Crippen molar-refractivity contribution in [1.29, 1.82) is 0 Å². The minimum atomic E-state index is -0.650. The molecule has 2 aromatic rings. The minimum absolute atomic E-state index is 0.0292. The lowest BCUT2D eigenvalue weighted by atomic mass is 10.0. The average Bonchev–Trinajstić information content (AvgIpc) is 2.77. The SMILES string of the molecule is COc1ccc(CNC(=O)N(Cc2ccc(F)cc2F)C2CCN(C)CC2)c(OC)c1. The molecule has 1 aliphatic heterocycles. The van der Waals surface area contributed by atoms with E-state index in [1.54, 1.807) is 31.3 Å². The van der Waals surface area contributed by atoms with Gasteiger partial charge in [0.25, 0.3) is 0 Å². The number of hydrogen-bond donors (Lipinski definition) is 1. The molecule has 6 nitrogen and oxygen atoms in total. The molecule has 168 valence electrons. The van der Waals surface area contributed by atoms with Crippen LogP contribution in [0.1, 0.15) is 24.0 Å². The van der Waals surface area contributed by atoms with Gasteiger partial charge in [-0.15, -0.1) is 0 Å². The molecule has 0 spiro atoms. The van der Waals surface area contributed by atoms with Gasteiger partial charge in [-0.3, -0.25) is 0 Å². The predicted molar refractivity (Wildman–Crippen MR) is 114 cm³/mol. The van der Waals surface area contributed by atoms with Gasteiger partial charge in [0, 0.05) is 35.8 Å². The van der Waals surface area contributed by atoms with Crippen molar-refractivity contribution in [2.75, 3.05) is 34.4 Å². The number of carbonyl (C=O) groups is 1. The van der Waals surface area contributed by atoms with Gasteiger partial charge in [-0.1, -0.05) is 6.07 Å². The van der Waals surface area contributed by atoms with Crippen LogP contribution in [0.5, 0.6) is 11.5 Å². The molecular formula is C23H29F2N3O3. The van der Waals surface area contributed by atoms with Crippen LogP contribution < -0.4 is 14.8 Å². The highest BCUT2D eigenvalue weighted by Gasteiger charge is 2.28. The number of rotatable bonds is 7. The van der Waals surface area contributed by atoms with Crippen LogP contribution in [0.2, 0.25) is 0 Å². The Kier molecular flexibility index (Phi) is 7.68. The standard InChI is InChI=1S/C23H29F2N3O3/c1-27-10-8-19(9-11-27)28(15-17-4-6-18(24)12-21(17)25)23(29)26-14-16-5-7-20(30-2)13-22(16)31-3/h4-7,12-13,19H,8-11,14-15H2,1-3H3,(H,26,29). The molecule has 0 aromatic heterocycles. The summed E-state index contributed by atoms with van der Waals surface area (Å²) in [6.45, 7) is 2.03. The molecule has 0 radical (unpaired) electrons. The maximum Gasteiger partial charge on any atom is 0.318 e. The first-order chi connectivity index (χ1) is 14.9. The first kappa shape index (κ1) is 22.8. The smallest absolute Gasteiger partial charge is 0.318 e. The highest BCUT2D eigenvalue weighted by molar-refractivity contribution is 5.74. The summed E-state index contributed by atoms with van der Waals surface area (Å²) in [5, 5.41) is 2.93. The summed E-state index contributed by atoms with van der Waals surface area (Å²) in [5.41, 5.74) is 1.09. The largest absolute Gasteiger partial charge is 0.497 e. The van der Waals surface area contributed by atoms with Gasteiger partial charge in [-0.05, 0) is 51.2 Å². The Morgan fingerprint density at radius 2 is 1.81 bits per heavy atom. The first-order valence-corrected chi connectivity index (χ1v) is 10.3. The van der Waals surface area contributed by atoms with Crippen molar-refractivity contribution in [2.45, 2.75) is 32.0 Å². The molecule has 1 N–H and O–H groups in total. The zero-order valence-corrected chi connectivity index (χ0v) is 18.2. The highest BCUT2D eigenvalue weighted by atomic mass is 19.1. The van der Waals surface area contributed by atoms with E-state index >= 15 is 0 Å². The number of piperidine rings is 1. The van der Waals surface area contributed by atoms with Crippen molar-refractivity contribution in [1.82, 2.24) is 15.1 Å². The number of urea groups is 1. The molecule has 2 amide bonds. The Bertz CT molecular complexity index is 902. The van der Waals surface area contributed by atoms with Gasteiger partial charge in [0.2, 0.25) is 0 Å². The molecule has 1 saturated heterocycles. The summed E-state index contributed by atoms with van der Waals surface area (Å²) in [6.07, 6.45) is 1.58. The molecule has 0 saturated carbocycles. The van der Waals surface area contributed by atoms with Crippen molar-refractivity contribution in [3.05, 3.63) is 59.2 Å². The van der Waals surface area contributed by atoms with Gasteiger partial charge in [0.05, 0.1) is 20.8 Å². The lowest BCUT2D eigenvalue weighted by Gasteiger charge is -2.37. The third-order valence-corrected chi connectivity index (χ3v) is 5.67. The third-order valence-electron chi connectivity index (χ3n) is 5.67. The summed E-state index contributed by atoms with van der Waals surface area (Å²) in [6, 6.07) is 8.52. The van der Waals surface area contributed by atoms with Crippen molar-refractivity contribution in [3.8, 4) is 11.5 Å². The monoisotopic (exact) mass is 433 g/mol. The minimum Gasteiger partial charge on any atom is -0.497 e. The quantitative estimate of drug-likeness (QED) is 0.722. The van der Waals surface area contributed by atoms with Crippen LogP contribution >= 0.6 is 0 Å². The fourth-order valence-electron chi connectivity index (χ4n) is 3.78. The molecule has 0 unspecified atom stereocenters. The van der Waals surface area contributed by atoms with Crippen molar-refractivity contribution >= 4 is 6.03 Å². The van der Waals surface area contributed by atoms with Crippen LogP contribution in [0.3, 0.4) is 0 Å². The van der Waals surface area contributed by atoms with Crippen molar-refractivity contribution in [3.63, 3.8) is 0 Å². The van der Waals surface area contributed by atoms with Gasteiger partial charge in [0.1, 0.15) is 23.1 Å². The Balaban J connectivity index is 1.75.